The van der Waals surface area contributed by atoms with Gasteiger partial charge in [-0.2, -0.15) is 4.98 Å². The van der Waals surface area contributed by atoms with Gasteiger partial charge in [0.2, 0.25) is 5.95 Å². The van der Waals surface area contributed by atoms with Crippen LogP contribution in [0.5, 0.6) is 0 Å². The molecule has 2 aromatic heterocycles. The molecule has 166 valence electrons. The molecule has 5 heteroatoms. The Hall–Kier alpha value is -3.47. The van der Waals surface area contributed by atoms with Crippen LogP contribution in [0.15, 0.2) is 54.6 Å². The second-order valence-electron chi connectivity index (χ2n) is 9.29. The van der Waals surface area contributed by atoms with E-state index in [2.05, 4.69) is 78.2 Å². The van der Waals surface area contributed by atoms with Crippen molar-refractivity contribution in [2.75, 3.05) is 29.4 Å². The zero-order valence-corrected chi connectivity index (χ0v) is 19.4. The maximum absolute atomic E-state index is 5.20. The van der Waals surface area contributed by atoms with Crippen LogP contribution in [-0.4, -0.2) is 34.6 Å². The van der Waals surface area contributed by atoms with Crippen molar-refractivity contribution in [1.29, 1.82) is 0 Å². The molecule has 0 spiro atoms. The van der Waals surface area contributed by atoms with Gasteiger partial charge >= 0.3 is 0 Å². The number of hydrogen-bond donors (Lipinski definition) is 0. The Morgan fingerprint density at radius 3 is 2.48 bits per heavy atom. The minimum atomic E-state index is 0.868. The Bertz CT molecular complexity index is 1340. The van der Waals surface area contributed by atoms with Crippen molar-refractivity contribution in [1.82, 2.24) is 15.0 Å². The molecule has 0 amide bonds. The average molecular weight is 436 g/mol. The fraction of sp³-hybridized carbons (Fsp3) is 0.321. The first kappa shape index (κ1) is 20.2. The molecule has 2 aromatic carbocycles. The van der Waals surface area contributed by atoms with E-state index in [9.17, 15) is 0 Å². The molecule has 0 N–H and O–H groups in total. The van der Waals surface area contributed by atoms with Crippen molar-refractivity contribution in [3.8, 4) is 11.3 Å². The third kappa shape index (κ3) is 3.62. The molecule has 2 aliphatic heterocycles. The van der Waals surface area contributed by atoms with Crippen LogP contribution in [0, 0.1) is 13.8 Å². The highest BCUT2D eigenvalue weighted by Crippen LogP contribution is 2.41. The van der Waals surface area contributed by atoms with E-state index in [1.807, 2.05) is 0 Å². The van der Waals surface area contributed by atoms with Gasteiger partial charge in [0.25, 0.3) is 0 Å². The zero-order valence-electron chi connectivity index (χ0n) is 19.4. The van der Waals surface area contributed by atoms with Gasteiger partial charge in [-0.3, -0.25) is 4.98 Å². The Morgan fingerprint density at radius 1 is 0.788 bits per heavy atom. The third-order valence-corrected chi connectivity index (χ3v) is 6.86. The summed E-state index contributed by atoms with van der Waals surface area (Å²) in [5, 5.41) is 1.17. The number of benzene rings is 2. The van der Waals surface area contributed by atoms with Crippen LogP contribution in [0.1, 0.15) is 36.1 Å². The Labute approximate surface area is 195 Å². The van der Waals surface area contributed by atoms with Crippen LogP contribution in [0.4, 0.5) is 17.5 Å². The lowest BCUT2D eigenvalue weighted by Gasteiger charge is -2.28. The number of anilines is 3. The lowest BCUT2D eigenvalue weighted by molar-refractivity contribution is 0.568. The van der Waals surface area contributed by atoms with E-state index >= 15 is 0 Å². The lowest BCUT2D eigenvalue weighted by atomic mass is 10.0. The van der Waals surface area contributed by atoms with Crippen LogP contribution in [0.3, 0.4) is 0 Å². The average Bonchev–Trinajstić information content (AvgIpc) is 3.27. The van der Waals surface area contributed by atoms with Crippen molar-refractivity contribution >= 4 is 28.4 Å². The molecule has 0 bridgehead atoms. The topological polar surface area (TPSA) is 45.2 Å². The van der Waals surface area contributed by atoms with Gasteiger partial charge < -0.3 is 9.80 Å². The Morgan fingerprint density at radius 2 is 1.64 bits per heavy atom. The van der Waals surface area contributed by atoms with E-state index in [0.29, 0.717) is 0 Å². The summed E-state index contributed by atoms with van der Waals surface area (Å²) in [7, 11) is 0. The monoisotopic (exact) mass is 435 g/mol. The van der Waals surface area contributed by atoms with Crippen molar-refractivity contribution in [2.45, 2.75) is 39.5 Å². The number of para-hydroxylation sites is 1. The van der Waals surface area contributed by atoms with Crippen LogP contribution in [0.25, 0.3) is 22.2 Å². The van der Waals surface area contributed by atoms with E-state index in [1.165, 1.54) is 47.0 Å². The molecule has 6 rings (SSSR count). The van der Waals surface area contributed by atoms with Gasteiger partial charge in [-0.1, -0.05) is 42.0 Å². The fourth-order valence-electron chi connectivity index (χ4n) is 5.25. The minimum absolute atomic E-state index is 0.868. The van der Waals surface area contributed by atoms with Crippen LogP contribution >= 0.6 is 0 Å². The van der Waals surface area contributed by atoms with Crippen LogP contribution in [-0.2, 0) is 6.42 Å². The molecule has 4 aromatic rings. The highest BCUT2D eigenvalue weighted by Gasteiger charge is 2.30. The smallest absolute Gasteiger partial charge is 0.227 e. The molecule has 0 radical (unpaired) electrons. The summed E-state index contributed by atoms with van der Waals surface area (Å²) in [5.74, 6) is 1.92. The van der Waals surface area contributed by atoms with Gasteiger partial charge in [-0.25, -0.2) is 4.98 Å². The SMILES string of the molecule is Cc1cccc(-c2nc(N3CCCCC3)nc3c2CCN3c2cc(C)nc3ccccc23)c1. The molecule has 1 saturated heterocycles. The number of nitrogens with zero attached hydrogens (tertiary/aromatic N) is 5. The zero-order chi connectivity index (χ0) is 22.4. The molecule has 4 heterocycles. The maximum Gasteiger partial charge on any atom is 0.227 e. The molecular formula is C28H29N5. The summed E-state index contributed by atoms with van der Waals surface area (Å²) in [6, 6.07) is 19.3. The molecule has 0 aliphatic carbocycles. The molecule has 1 fully saturated rings. The summed E-state index contributed by atoms with van der Waals surface area (Å²) in [6.07, 6.45) is 4.64. The number of aryl methyl sites for hydroxylation is 2. The van der Waals surface area contributed by atoms with E-state index in [0.717, 1.165) is 54.7 Å². The van der Waals surface area contributed by atoms with Crippen molar-refractivity contribution < 1.29 is 0 Å². The first-order valence-corrected chi connectivity index (χ1v) is 12.0. The van der Waals surface area contributed by atoms with Gasteiger partial charge in [-0.05, 0) is 57.7 Å². The number of fused-ring (bicyclic) bond motifs is 2. The number of hydrogen-bond acceptors (Lipinski definition) is 5. The minimum Gasteiger partial charge on any atom is -0.341 e. The van der Waals surface area contributed by atoms with E-state index in [1.54, 1.807) is 0 Å². The lowest BCUT2D eigenvalue weighted by Crippen LogP contribution is -2.31. The van der Waals surface area contributed by atoms with Gasteiger partial charge in [0.05, 0.1) is 16.9 Å². The fourth-order valence-corrected chi connectivity index (χ4v) is 5.25. The summed E-state index contributed by atoms with van der Waals surface area (Å²) in [4.78, 5) is 19.9. The van der Waals surface area contributed by atoms with Gasteiger partial charge in [0.1, 0.15) is 5.82 Å². The molecule has 0 saturated carbocycles. The first-order chi connectivity index (χ1) is 16.2. The van der Waals surface area contributed by atoms with E-state index < -0.39 is 0 Å². The maximum atomic E-state index is 5.20. The molecule has 33 heavy (non-hydrogen) atoms. The predicted molar refractivity (Wildman–Crippen MR) is 135 cm³/mol. The Balaban J connectivity index is 1.55. The molecular weight excluding hydrogens is 406 g/mol. The predicted octanol–water partition coefficient (Wildman–Crippen LogP) is 5.99. The number of piperidine rings is 1. The molecule has 2 aliphatic rings. The summed E-state index contributed by atoms with van der Waals surface area (Å²) in [6.45, 7) is 7.19. The number of aromatic nitrogens is 3. The first-order valence-electron chi connectivity index (χ1n) is 12.0. The quantitative estimate of drug-likeness (QED) is 0.395. The third-order valence-electron chi connectivity index (χ3n) is 6.86. The van der Waals surface area contributed by atoms with Crippen LogP contribution in [0.2, 0.25) is 0 Å². The number of pyridine rings is 1. The normalized spacial score (nSPS) is 15.8. The Kier molecular flexibility index (Phi) is 4.97. The highest BCUT2D eigenvalue weighted by molar-refractivity contribution is 5.95. The highest BCUT2D eigenvalue weighted by atomic mass is 15.3. The molecule has 5 nitrogen and oxygen atoms in total. The van der Waals surface area contributed by atoms with Crippen molar-refractivity contribution in [3.05, 3.63) is 71.4 Å². The largest absolute Gasteiger partial charge is 0.341 e. The van der Waals surface area contributed by atoms with Gasteiger partial charge in [0.15, 0.2) is 0 Å². The van der Waals surface area contributed by atoms with Crippen LogP contribution < -0.4 is 9.80 Å². The van der Waals surface area contributed by atoms with Gasteiger partial charge in [0, 0.05) is 41.8 Å². The van der Waals surface area contributed by atoms with Crippen molar-refractivity contribution in [3.63, 3.8) is 0 Å². The molecule has 0 atom stereocenters. The van der Waals surface area contributed by atoms with Gasteiger partial charge in [-0.15, -0.1) is 0 Å². The summed E-state index contributed by atoms with van der Waals surface area (Å²) >= 11 is 0. The van der Waals surface area contributed by atoms with E-state index in [4.69, 9.17) is 15.0 Å². The standard InChI is InChI=1S/C28H29N5/c1-19-9-8-10-21(17-19)26-23-13-16-33(25-18-20(2)29-24-12-5-4-11-22(24)25)27(23)31-28(30-26)32-14-6-3-7-15-32/h4-5,8-12,17-18H,3,6-7,13-16H2,1-2H3. The summed E-state index contributed by atoms with van der Waals surface area (Å²) in [5.41, 5.74) is 8.03. The van der Waals surface area contributed by atoms with E-state index in [-0.39, 0.29) is 0 Å². The van der Waals surface area contributed by atoms with Crippen molar-refractivity contribution in [2.24, 2.45) is 0 Å². The second kappa shape index (κ2) is 8.14. The molecule has 0 unspecified atom stereocenters. The number of rotatable bonds is 3. The summed E-state index contributed by atoms with van der Waals surface area (Å²) < 4.78 is 0. The second-order valence-corrected chi connectivity index (χ2v) is 9.29.